The highest BCUT2D eigenvalue weighted by atomic mass is 16.5. The molecular weight excluding hydrogens is 280 g/mol. The molecule has 1 aromatic heterocycles. The number of rotatable bonds is 4. The van der Waals surface area contributed by atoms with E-state index in [1.807, 2.05) is 43.3 Å². The van der Waals surface area contributed by atoms with Crippen LogP contribution in [0.2, 0.25) is 0 Å². The first kappa shape index (κ1) is 14.4. The Kier molecular flexibility index (Phi) is 3.96. The lowest BCUT2D eigenvalue weighted by Crippen LogP contribution is -2.26. The van der Waals surface area contributed by atoms with Crippen LogP contribution in [0.25, 0.3) is 0 Å². The zero-order chi connectivity index (χ0) is 15.5. The number of hydrazone groups is 1. The Bertz CT molecular complexity index is 692. The molecule has 0 bridgehead atoms. The topological polar surface area (TPSA) is 55.0 Å². The molecule has 0 N–H and O–H groups in total. The molecule has 1 atom stereocenters. The van der Waals surface area contributed by atoms with E-state index in [9.17, 15) is 4.79 Å². The van der Waals surface area contributed by atoms with Gasteiger partial charge in [0.2, 0.25) is 5.91 Å². The minimum atomic E-state index is -0.163. The van der Waals surface area contributed by atoms with Gasteiger partial charge in [0.15, 0.2) is 0 Å². The molecule has 2 heterocycles. The molecule has 0 aliphatic carbocycles. The largest absolute Gasteiger partial charge is 0.496 e. The van der Waals surface area contributed by atoms with E-state index in [-0.39, 0.29) is 11.9 Å². The van der Waals surface area contributed by atoms with Crippen molar-refractivity contribution in [3.05, 3.63) is 54.0 Å². The standard InChI is InChI=1S/C17H18N2O3/c1-3-17(20)19-14(12-7-4-5-8-15(12)21-2)11-13(18-19)16-9-6-10-22-16/h4-10,14H,3,11H2,1-2H3/t14-/m0/s1. The maximum atomic E-state index is 12.3. The first-order chi connectivity index (χ1) is 10.7. The smallest absolute Gasteiger partial charge is 0.242 e. The third-order valence-electron chi connectivity index (χ3n) is 3.77. The van der Waals surface area contributed by atoms with Crippen LogP contribution in [0.1, 0.15) is 37.1 Å². The maximum absolute atomic E-state index is 12.3. The Morgan fingerprint density at radius 1 is 1.36 bits per heavy atom. The summed E-state index contributed by atoms with van der Waals surface area (Å²) in [7, 11) is 1.63. The minimum absolute atomic E-state index is 0.0162. The number of carbonyl (C=O) groups is 1. The normalized spacial score (nSPS) is 17.5. The molecule has 1 aliphatic rings. The molecular formula is C17H18N2O3. The second kappa shape index (κ2) is 6.05. The number of benzene rings is 1. The van der Waals surface area contributed by atoms with Gasteiger partial charge in [0, 0.05) is 18.4 Å². The fraction of sp³-hybridized carbons (Fsp3) is 0.294. The average Bonchev–Trinajstić information content (AvgIpc) is 3.23. The average molecular weight is 298 g/mol. The Balaban J connectivity index is 1.98. The van der Waals surface area contributed by atoms with Crippen molar-refractivity contribution in [2.45, 2.75) is 25.8 Å². The van der Waals surface area contributed by atoms with Gasteiger partial charge in [0.05, 0.1) is 19.4 Å². The highest BCUT2D eigenvalue weighted by molar-refractivity contribution is 6.01. The van der Waals surface area contributed by atoms with Crippen LogP contribution in [0.15, 0.2) is 52.2 Å². The van der Waals surface area contributed by atoms with Gasteiger partial charge in [-0.25, -0.2) is 5.01 Å². The van der Waals surface area contributed by atoms with Crippen LogP contribution >= 0.6 is 0 Å². The zero-order valence-corrected chi connectivity index (χ0v) is 12.7. The summed E-state index contributed by atoms with van der Waals surface area (Å²) in [6.07, 6.45) is 2.63. The van der Waals surface area contributed by atoms with E-state index < -0.39 is 0 Å². The molecule has 2 aromatic rings. The SMILES string of the molecule is CCC(=O)N1N=C(c2ccco2)C[C@H]1c1ccccc1OC. The van der Waals surface area contributed by atoms with E-state index in [4.69, 9.17) is 9.15 Å². The lowest BCUT2D eigenvalue weighted by molar-refractivity contribution is -0.132. The molecule has 1 aliphatic heterocycles. The van der Waals surface area contributed by atoms with Gasteiger partial charge >= 0.3 is 0 Å². The molecule has 0 saturated heterocycles. The monoisotopic (exact) mass is 298 g/mol. The molecule has 5 nitrogen and oxygen atoms in total. The van der Waals surface area contributed by atoms with Crippen molar-refractivity contribution in [2.75, 3.05) is 7.11 Å². The number of amides is 1. The van der Waals surface area contributed by atoms with Gasteiger partial charge in [-0.2, -0.15) is 5.10 Å². The molecule has 0 spiro atoms. The summed E-state index contributed by atoms with van der Waals surface area (Å²) in [4.78, 5) is 12.3. The molecule has 0 unspecified atom stereocenters. The fourth-order valence-electron chi connectivity index (χ4n) is 2.68. The number of hydrogen-bond donors (Lipinski definition) is 0. The van der Waals surface area contributed by atoms with Crippen LogP contribution in [0.5, 0.6) is 5.75 Å². The number of nitrogens with zero attached hydrogens (tertiary/aromatic N) is 2. The van der Waals surface area contributed by atoms with Crippen molar-refractivity contribution in [3.8, 4) is 5.75 Å². The van der Waals surface area contributed by atoms with Gasteiger partial charge in [-0.3, -0.25) is 4.79 Å². The molecule has 3 rings (SSSR count). The molecule has 0 saturated carbocycles. The highest BCUT2D eigenvalue weighted by Gasteiger charge is 2.34. The summed E-state index contributed by atoms with van der Waals surface area (Å²) < 4.78 is 10.9. The third kappa shape index (κ3) is 2.50. The Labute approximate surface area is 129 Å². The van der Waals surface area contributed by atoms with Crippen LogP contribution in [0.3, 0.4) is 0 Å². The number of methoxy groups -OCH3 is 1. The van der Waals surface area contributed by atoms with Gasteiger partial charge < -0.3 is 9.15 Å². The van der Waals surface area contributed by atoms with Gasteiger partial charge in [-0.15, -0.1) is 0 Å². The molecule has 114 valence electrons. The van der Waals surface area contributed by atoms with Crippen LogP contribution in [-0.2, 0) is 4.79 Å². The van der Waals surface area contributed by atoms with E-state index in [0.717, 1.165) is 17.0 Å². The van der Waals surface area contributed by atoms with E-state index in [1.54, 1.807) is 18.4 Å². The maximum Gasteiger partial charge on any atom is 0.242 e. The number of ether oxygens (including phenoxy) is 1. The number of furan rings is 1. The summed E-state index contributed by atoms with van der Waals surface area (Å²) in [5.74, 6) is 1.45. The van der Waals surface area contributed by atoms with Crippen molar-refractivity contribution < 1.29 is 13.9 Å². The summed E-state index contributed by atoms with van der Waals surface area (Å²) in [6, 6.07) is 11.2. The lowest BCUT2D eigenvalue weighted by atomic mass is 10.00. The molecule has 0 fully saturated rings. The molecule has 22 heavy (non-hydrogen) atoms. The second-order valence-electron chi connectivity index (χ2n) is 5.08. The van der Waals surface area contributed by atoms with Gasteiger partial charge in [-0.05, 0) is 18.2 Å². The van der Waals surface area contributed by atoms with E-state index in [0.29, 0.717) is 18.6 Å². The molecule has 1 aromatic carbocycles. The van der Waals surface area contributed by atoms with Crippen molar-refractivity contribution in [2.24, 2.45) is 5.10 Å². The van der Waals surface area contributed by atoms with Crippen molar-refractivity contribution in [1.29, 1.82) is 0 Å². The number of carbonyl (C=O) groups excluding carboxylic acids is 1. The summed E-state index contributed by atoms with van der Waals surface area (Å²) in [5, 5.41) is 6.04. The first-order valence-corrected chi connectivity index (χ1v) is 7.31. The quantitative estimate of drug-likeness (QED) is 0.869. The van der Waals surface area contributed by atoms with Gasteiger partial charge in [0.25, 0.3) is 0 Å². The summed E-state index contributed by atoms with van der Waals surface area (Å²) in [5.41, 5.74) is 1.74. The van der Waals surface area contributed by atoms with E-state index >= 15 is 0 Å². The Hall–Kier alpha value is -2.56. The van der Waals surface area contributed by atoms with Crippen molar-refractivity contribution >= 4 is 11.6 Å². The first-order valence-electron chi connectivity index (χ1n) is 7.31. The third-order valence-corrected chi connectivity index (χ3v) is 3.77. The van der Waals surface area contributed by atoms with Gasteiger partial charge in [-0.1, -0.05) is 25.1 Å². The van der Waals surface area contributed by atoms with E-state index in [2.05, 4.69) is 5.10 Å². The van der Waals surface area contributed by atoms with Gasteiger partial charge in [0.1, 0.15) is 17.2 Å². The summed E-state index contributed by atoms with van der Waals surface area (Å²) in [6.45, 7) is 1.84. The number of para-hydroxylation sites is 1. The zero-order valence-electron chi connectivity index (χ0n) is 12.7. The van der Waals surface area contributed by atoms with Crippen molar-refractivity contribution in [1.82, 2.24) is 5.01 Å². The molecule has 1 amide bonds. The summed E-state index contributed by atoms with van der Waals surface area (Å²) >= 11 is 0. The second-order valence-corrected chi connectivity index (χ2v) is 5.08. The van der Waals surface area contributed by atoms with Crippen LogP contribution in [0, 0.1) is 0 Å². The highest BCUT2D eigenvalue weighted by Crippen LogP contribution is 2.37. The Morgan fingerprint density at radius 3 is 2.86 bits per heavy atom. The Morgan fingerprint density at radius 2 is 2.18 bits per heavy atom. The molecule has 0 radical (unpaired) electrons. The van der Waals surface area contributed by atoms with Crippen LogP contribution in [0.4, 0.5) is 0 Å². The number of hydrogen-bond acceptors (Lipinski definition) is 4. The lowest BCUT2D eigenvalue weighted by Gasteiger charge is -2.23. The predicted octanol–water partition coefficient (Wildman–Crippen LogP) is 3.38. The van der Waals surface area contributed by atoms with Crippen molar-refractivity contribution in [3.63, 3.8) is 0 Å². The van der Waals surface area contributed by atoms with Crippen LogP contribution in [-0.4, -0.2) is 23.7 Å². The minimum Gasteiger partial charge on any atom is -0.496 e. The van der Waals surface area contributed by atoms with E-state index in [1.165, 1.54) is 0 Å². The molecule has 5 heteroatoms. The van der Waals surface area contributed by atoms with Crippen LogP contribution < -0.4 is 4.74 Å². The fourth-order valence-corrected chi connectivity index (χ4v) is 2.68. The predicted molar refractivity (Wildman–Crippen MR) is 82.7 cm³/mol.